The molecule has 7 nitrogen and oxygen atoms in total. The molecule has 1 N–H and O–H groups in total. The van der Waals surface area contributed by atoms with Gasteiger partial charge >= 0.3 is 12.1 Å². The van der Waals surface area contributed by atoms with Crippen molar-refractivity contribution in [3.05, 3.63) is 23.8 Å². The average molecular weight is 406 g/mol. The van der Waals surface area contributed by atoms with Gasteiger partial charge in [-0.05, 0) is 64.9 Å². The quantitative estimate of drug-likeness (QED) is 0.366. The number of hydrogen-bond donors (Lipinski definition) is 1. The molecule has 2 rings (SSSR count). The second-order valence-corrected chi connectivity index (χ2v) is 7.72. The first-order valence-corrected chi connectivity index (χ1v) is 10.5. The van der Waals surface area contributed by atoms with E-state index in [1.54, 1.807) is 0 Å². The Kier molecular flexibility index (Phi) is 8.76. The van der Waals surface area contributed by atoms with Gasteiger partial charge in [-0.1, -0.05) is 13.0 Å². The number of rotatable bonds is 10. The summed E-state index contributed by atoms with van der Waals surface area (Å²) in [7, 11) is 3.98. The second kappa shape index (κ2) is 11.0. The summed E-state index contributed by atoms with van der Waals surface area (Å²) in [5, 5.41) is 2.73. The first-order valence-electron chi connectivity index (χ1n) is 10.5. The third-order valence-corrected chi connectivity index (χ3v) is 5.45. The molecule has 0 aromatic heterocycles. The lowest BCUT2D eigenvalue weighted by molar-refractivity contribution is -0.141. The van der Waals surface area contributed by atoms with Crippen LogP contribution in [0.15, 0.2) is 18.2 Å². The Balaban J connectivity index is 1.88. The number of nitrogens with zero attached hydrogens (tertiary/aromatic N) is 2. The Labute approximate surface area is 174 Å². The molecule has 0 aliphatic carbocycles. The third-order valence-electron chi connectivity index (χ3n) is 5.45. The van der Waals surface area contributed by atoms with Crippen LogP contribution >= 0.6 is 0 Å². The first-order chi connectivity index (χ1) is 13.9. The third kappa shape index (κ3) is 6.35. The molecule has 162 valence electrons. The summed E-state index contributed by atoms with van der Waals surface area (Å²) < 4.78 is 10.9. The molecule has 29 heavy (non-hydrogen) atoms. The fourth-order valence-electron chi connectivity index (χ4n) is 3.66. The van der Waals surface area contributed by atoms with Crippen LogP contribution in [0.4, 0.5) is 10.5 Å². The number of carbonyl (C=O) groups is 2. The van der Waals surface area contributed by atoms with Gasteiger partial charge < -0.3 is 24.6 Å². The molecule has 7 heteroatoms. The van der Waals surface area contributed by atoms with E-state index in [9.17, 15) is 9.59 Å². The minimum absolute atomic E-state index is 0.0174. The topological polar surface area (TPSA) is 71.1 Å². The highest BCUT2D eigenvalue weighted by atomic mass is 16.6. The summed E-state index contributed by atoms with van der Waals surface area (Å²) in [5.74, 6) is 0.0893. The standard InChI is InChI=1S/C22H35N3O4/c1-6-25(7-2)17-9-10-18-16(3)19(21(26)29-20(18)15-17)11-14-28-22(27)23-12-8-13-24(4)5/h9-10,15-16,19H,6-8,11-14H2,1-5H3,(H,23,27). The molecule has 1 heterocycles. The molecular formula is C22H35N3O4. The Morgan fingerprint density at radius 1 is 1.24 bits per heavy atom. The number of hydrogen-bond acceptors (Lipinski definition) is 6. The molecule has 1 aliphatic heterocycles. The molecule has 2 atom stereocenters. The van der Waals surface area contributed by atoms with Crippen molar-refractivity contribution in [3.8, 4) is 5.75 Å². The molecular weight excluding hydrogens is 370 g/mol. The number of alkyl carbamates (subject to hydrolysis) is 1. The van der Waals surface area contributed by atoms with E-state index >= 15 is 0 Å². The molecule has 0 saturated carbocycles. The zero-order chi connectivity index (χ0) is 21.4. The van der Waals surface area contributed by atoms with Crippen molar-refractivity contribution < 1.29 is 19.1 Å². The number of esters is 1. The summed E-state index contributed by atoms with van der Waals surface area (Å²) in [6, 6.07) is 6.08. The largest absolute Gasteiger partial charge is 0.450 e. The predicted octanol–water partition coefficient (Wildman–Crippen LogP) is 3.24. The second-order valence-electron chi connectivity index (χ2n) is 7.72. The fraction of sp³-hybridized carbons (Fsp3) is 0.636. The number of carbonyl (C=O) groups excluding carboxylic acids is 2. The van der Waals surface area contributed by atoms with Crippen LogP contribution in [0.5, 0.6) is 5.75 Å². The van der Waals surface area contributed by atoms with E-state index in [1.165, 1.54) is 0 Å². The summed E-state index contributed by atoms with van der Waals surface area (Å²) >= 11 is 0. The zero-order valence-corrected chi connectivity index (χ0v) is 18.4. The van der Waals surface area contributed by atoms with Crippen LogP contribution in [0.25, 0.3) is 0 Å². The Morgan fingerprint density at radius 3 is 2.62 bits per heavy atom. The maximum absolute atomic E-state index is 12.5. The number of nitrogens with one attached hydrogen (secondary N) is 1. The molecule has 1 aromatic rings. The van der Waals surface area contributed by atoms with Crippen molar-refractivity contribution in [1.29, 1.82) is 0 Å². The highest BCUT2D eigenvalue weighted by molar-refractivity contribution is 5.80. The van der Waals surface area contributed by atoms with Gasteiger partial charge in [0.05, 0.1) is 12.5 Å². The van der Waals surface area contributed by atoms with E-state index in [4.69, 9.17) is 9.47 Å². The highest BCUT2D eigenvalue weighted by Gasteiger charge is 2.35. The molecule has 1 amide bonds. The van der Waals surface area contributed by atoms with Crippen molar-refractivity contribution in [2.75, 3.05) is 51.8 Å². The van der Waals surface area contributed by atoms with E-state index in [2.05, 4.69) is 35.0 Å². The number of fused-ring (bicyclic) bond motifs is 1. The summed E-state index contributed by atoms with van der Waals surface area (Å²) in [6.07, 6.45) is 0.868. The van der Waals surface area contributed by atoms with Gasteiger partial charge in [-0.15, -0.1) is 0 Å². The minimum Gasteiger partial charge on any atom is -0.450 e. The van der Waals surface area contributed by atoms with Gasteiger partial charge in [-0.2, -0.15) is 0 Å². The number of benzene rings is 1. The average Bonchev–Trinajstić information content (AvgIpc) is 2.68. The molecule has 1 aliphatic rings. The maximum Gasteiger partial charge on any atom is 0.407 e. The van der Waals surface area contributed by atoms with E-state index in [0.717, 1.165) is 37.3 Å². The van der Waals surface area contributed by atoms with Crippen LogP contribution in [-0.4, -0.2) is 63.8 Å². The van der Waals surface area contributed by atoms with Crippen molar-refractivity contribution in [2.45, 2.75) is 39.5 Å². The lowest BCUT2D eigenvalue weighted by Crippen LogP contribution is -2.33. The Morgan fingerprint density at radius 2 is 1.97 bits per heavy atom. The van der Waals surface area contributed by atoms with Gasteiger partial charge in [0.2, 0.25) is 0 Å². The van der Waals surface area contributed by atoms with Crippen molar-refractivity contribution in [2.24, 2.45) is 5.92 Å². The molecule has 0 fully saturated rings. The number of amides is 1. The van der Waals surface area contributed by atoms with Crippen LogP contribution in [-0.2, 0) is 9.53 Å². The van der Waals surface area contributed by atoms with Crippen LogP contribution in [0.3, 0.4) is 0 Å². The van der Waals surface area contributed by atoms with Gasteiger partial charge in [0.25, 0.3) is 0 Å². The Hall–Kier alpha value is -2.28. The van der Waals surface area contributed by atoms with E-state index < -0.39 is 6.09 Å². The molecule has 1 aromatic carbocycles. The molecule has 0 bridgehead atoms. The van der Waals surface area contributed by atoms with Gasteiger partial charge in [-0.3, -0.25) is 4.79 Å². The van der Waals surface area contributed by atoms with Gasteiger partial charge in [-0.25, -0.2) is 4.79 Å². The maximum atomic E-state index is 12.5. The predicted molar refractivity (Wildman–Crippen MR) is 115 cm³/mol. The number of anilines is 1. The fourth-order valence-corrected chi connectivity index (χ4v) is 3.66. The van der Waals surface area contributed by atoms with Gasteiger partial charge in [0.1, 0.15) is 5.75 Å². The summed E-state index contributed by atoms with van der Waals surface area (Å²) in [5.41, 5.74) is 2.08. The molecule has 2 unspecified atom stereocenters. The van der Waals surface area contributed by atoms with Gasteiger partial charge in [0.15, 0.2) is 0 Å². The van der Waals surface area contributed by atoms with Gasteiger partial charge in [0, 0.05) is 31.4 Å². The van der Waals surface area contributed by atoms with Crippen molar-refractivity contribution in [1.82, 2.24) is 10.2 Å². The first kappa shape index (κ1) is 23.0. The summed E-state index contributed by atoms with van der Waals surface area (Å²) in [6.45, 7) is 9.70. The monoisotopic (exact) mass is 405 g/mol. The normalized spacial score (nSPS) is 18.2. The molecule has 0 saturated heterocycles. The lowest BCUT2D eigenvalue weighted by Gasteiger charge is -2.31. The SMILES string of the molecule is CCN(CC)c1ccc2c(c1)OC(=O)C(CCOC(=O)NCCCN(C)C)C2C. The van der Waals surface area contributed by atoms with Crippen molar-refractivity contribution >= 4 is 17.7 Å². The van der Waals surface area contributed by atoms with Crippen LogP contribution in [0, 0.1) is 5.92 Å². The molecule has 0 spiro atoms. The van der Waals surface area contributed by atoms with E-state index in [1.807, 2.05) is 33.2 Å². The van der Waals surface area contributed by atoms with E-state index in [-0.39, 0.29) is 24.4 Å². The van der Waals surface area contributed by atoms with Crippen LogP contribution in [0.1, 0.15) is 45.1 Å². The van der Waals surface area contributed by atoms with Crippen LogP contribution < -0.4 is 15.0 Å². The highest BCUT2D eigenvalue weighted by Crippen LogP contribution is 2.40. The number of ether oxygens (including phenoxy) is 2. The minimum atomic E-state index is -0.440. The lowest BCUT2D eigenvalue weighted by atomic mass is 9.83. The van der Waals surface area contributed by atoms with Crippen LogP contribution in [0.2, 0.25) is 0 Å². The zero-order valence-electron chi connectivity index (χ0n) is 18.4. The molecule has 0 radical (unpaired) electrons. The smallest absolute Gasteiger partial charge is 0.407 e. The Bertz CT molecular complexity index is 689. The van der Waals surface area contributed by atoms with E-state index in [0.29, 0.717) is 18.7 Å². The summed E-state index contributed by atoms with van der Waals surface area (Å²) in [4.78, 5) is 28.6. The van der Waals surface area contributed by atoms with Crippen molar-refractivity contribution in [3.63, 3.8) is 0 Å².